The summed E-state index contributed by atoms with van der Waals surface area (Å²) in [7, 11) is 0. The number of amides is 4. The predicted molar refractivity (Wildman–Crippen MR) is 202 cm³/mol. The van der Waals surface area contributed by atoms with E-state index in [1.807, 2.05) is 74.5 Å². The highest BCUT2D eigenvalue weighted by Gasteiger charge is 2.46. The molecule has 3 aromatic carbocycles. The van der Waals surface area contributed by atoms with Crippen LogP contribution in [0.5, 0.6) is 0 Å². The molecular weight excluding hydrogens is 692 g/mol. The Kier molecular flexibility index (Phi) is 15.4. The Hall–Kier alpha value is -5.92. The Labute approximate surface area is 315 Å². The zero-order valence-electron chi connectivity index (χ0n) is 30.8. The molecule has 0 radical (unpaired) electrons. The van der Waals surface area contributed by atoms with Crippen molar-refractivity contribution in [2.45, 2.75) is 77.3 Å². The third-order valence-electron chi connectivity index (χ3n) is 8.92. The van der Waals surface area contributed by atoms with Gasteiger partial charge in [-0.2, -0.15) is 0 Å². The van der Waals surface area contributed by atoms with Crippen molar-refractivity contribution in [3.05, 3.63) is 108 Å². The summed E-state index contributed by atoms with van der Waals surface area (Å²) >= 11 is 0. The first kappa shape index (κ1) is 40.8. The molecule has 0 bridgehead atoms. The van der Waals surface area contributed by atoms with Gasteiger partial charge in [0.15, 0.2) is 5.96 Å². The lowest BCUT2D eigenvalue weighted by Gasteiger charge is -2.37. The van der Waals surface area contributed by atoms with Crippen LogP contribution in [0.1, 0.15) is 56.2 Å². The number of nitrogens with two attached hydrogens (primary N) is 2. The van der Waals surface area contributed by atoms with E-state index < -0.39 is 48.1 Å². The number of likely N-dealkylation sites (tertiary alicyclic amines) is 1. The van der Waals surface area contributed by atoms with Crippen LogP contribution < -0.4 is 11.5 Å². The van der Waals surface area contributed by atoms with Gasteiger partial charge in [-0.15, -0.1) is 0 Å². The predicted octanol–water partition coefficient (Wildman–Crippen LogP) is 4.56. The lowest BCUT2D eigenvalue weighted by molar-refractivity contribution is -0.153. The molecule has 14 nitrogen and oxygen atoms in total. The monoisotopic (exact) mass is 742 g/mol. The highest BCUT2D eigenvalue weighted by atomic mass is 16.6. The minimum absolute atomic E-state index is 0.00877. The standard InChI is InChI=1S/C40H50N6O8/c1-28(2)25-45(39(51)53-26-30-16-8-4-9-17-30)34(24-29-14-6-3-7-15-29)35(47)44-23-13-21-32(44)36(48)46(33(37(49)50)20-12-22-43-38(41)42)40(52)54-27-31-18-10-5-11-19-31/h3-11,14-19,28,32-34H,12-13,20-27H2,1-2H3,(H,49,50)(H4,41,42,43)/t32-,33-,34+/m0/s1. The number of carbonyl (C=O) groups excluding carboxylic acids is 4. The van der Waals surface area contributed by atoms with Crippen LogP contribution in [-0.4, -0.2) is 93.5 Å². The fourth-order valence-electron chi connectivity index (χ4n) is 6.35. The van der Waals surface area contributed by atoms with Crippen molar-refractivity contribution < 1.29 is 38.6 Å². The first-order chi connectivity index (χ1) is 26.0. The van der Waals surface area contributed by atoms with Crippen molar-refractivity contribution in [1.82, 2.24) is 14.7 Å². The highest BCUT2D eigenvalue weighted by molar-refractivity contribution is 6.01. The SMILES string of the molecule is CC(C)CN(C(=O)OCc1ccccc1)[C@H](Cc1ccccc1)C(=O)N1CCC[C@H]1C(=O)N(C(=O)OCc1ccccc1)[C@@H](CCCN=C(N)N)C(=O)O. The second-order valence-electron chi connectivity index (χ2n) is 13.5. The highest BCUT2D eigenvalue weighted by Crippen LogP contribution is 2.26. The molecule has 288 valence electrons. The van der Waals surface area contributed by atoms with E-state index in [-0.39, 0.29) is 70.4 Å². The van der Waals surface area contributed by atoms with Crippen LogP contribution >= 0.6 is 0 Å². The Morgan fingerprint density at radius 1 is 0.815 bits per heavy atom. The Morgan fingerprint density at radius 3 is 1.87 bits per heavy atom. The molecule has 1 aliphatic rings. The maximum absolute atomic E-state index is 14.8. The van der Waals surface area contributed by atoms with Gasteiger partial charge in [0.1, 0.15) is 31.3 Å². The van der Waals surface area contributed by atoms with Crippen LogP contribution in [-0.2, 0) is 43.5 Å². The molecule has 0 spiro atoms. The topological polar surface area (TPSA) is 198 Å². The number of hydrogen-bond donors (Lipinski definition) is 3. The van der Waals surface area contributed by atoms with Crippen molar-refractivity contribution in [1.29, 1.82) is 0 Å². The van der Waals surface area contributed by atoms with E-state index >= 15 is 0 Å². The van der Waals surface area contributed by atoms with Crippen molar-refractivity contribution in [2.75, 3.05) is 19.6 Å². The molecule has 1 saturated heterocycles. The summed E-state index contributed by atoms with van der Waals surface area (Å²) in [5.41, 5.74) is 13.0. The van der Waals surface area contributed by atoms with E-state index in [1.54, 1.807) is 30.3 Å². The second-order valence-corrected chi connectivity index (χ2v) is 13.5. The van der Waals surface area contributed by atoms with Crippen molar-refractivity contribution in [3.63, 3.8) is 0 Å². The average molecular weight is 743 g/mol. The minimum Gasteiger partial charge on any atom is -0.480 e. The molecule has 54 heavy (non-hydrogen) atoms. The van der Waals surface area contributed by atoms with Crippen LogP contribution in [0, 0.1) is 5.92 Å². The summed E-state index contributed by atoms with van der Waals surface area (Å²) in [5, 5.41) is 10.3. The van der Waals surface area contributed by atoms with Gasteiger partial charge in [0.05, 0.1) is 0 Å². The normalized spacial score (nSPS) is 14.8. The summed E-state index contributed by atoms with van der Waals surface area (Å²) in [6.07, 6.45) is -1.22. The quantitative estimate of drug-likeness (QED) is 0.100. The second kappa shape index (κ2) is 20.4. The van der Waals surface area contributed by atoms with E-state index in [0.717, 1.165) is 11.1 Å². The molecule has 4 rings (SSSR count). The molecule has 5 N–H and O–H groups in total. The number of benzene rings is 3. The number of imide groups is 1. The summed E-state index contributed by atoms with van der Waals surface area (Å²) in [4.78, 5) is 76.8. The van der Waals surface area contributed by atoms with E-state index in [2.05, 4.69) is 4.99 Å². The van der Waals surface area contributed by atoms with E-state index in [0.29, 0.717) is 16.9 Å². The van der Waals surface area contributed by atoms with Crippen LogP contribution in [0.3, 0.4) is 0 Å². The van der Waals surface area contributed by atoms with Gasteiger partial charge in [0.25, 0.3) is 5.91 Å². The summed E-state index contributed by atoms with van der Waals surface area (Å²) in [6, 6.07) is 23.2. The zero-order chi connectivity index (χ0) is 39.0. The molecule has 0 unspecified atom stereocenters. The molecule has 3 aromatic rings. The average Bonchev–Trinajstić information content (AvgIpc) is 3.66. The fraction of sp³-hybridized carbons (Fsp3) is 0.400. The van der Waals surface area contributed by atoms with Crippen LogP contribution in [0.2, 0.25) is 0 Å². The van der Waals surface area contributed by atoms with Crippen molar-refractivity contribution >= 4 is 35.9 Å². The van der Waals surface area contributed by atoms with Gasteiger partial charge in [-0.05, 0) is 48.3 Å². The number of nitrogens with zero attached hydrogens (tertiary/aromatic N) is 4. The molecular formula is C40H50N6O8. The first-order valence-electron chi connectivity index (χ1n) is 18.1. The molecule has 14 heteroatoms. The molecule has 0 aliphatic carbocycles. The van der Waals surface area contributed by atoms with Crippen molar-refractivity contribution in [3.8, 4) is 0 Å². The number of carboxylic acid groups (broad SMARTS) is 1. The zero-order valence-corrected chi connectivity index (χ0v) is 30.8. The summed E-state index contributed by atoms with van der Waals surface area (Å²) < 4.78 is 11.2. The summed E-state index contributed by atoms with van der Waals surface area (Å²) in [5.74, 6) is -3.09. The van der Waals surface area contributed by atoms with Gasteiger partial charge >= 0.3 is 18.2 Å². The van der Waals surface area contributed by atoms with E-state index in [4.69, 9.17) is 20.9 Å². The number of aliphatic carboxylic acids is 1. The van der Waals surface area contributed by atoms with E-state index in [9.17, 15) is 29.1 Å². The minimum atomic E-state index is -1.64. The Bertz CT molecular complexity index is 1720. The molecule has 1 heterocycles. The number of ether oxygens (including phenoxy) is 2. The largest absolute Gasteiger partial charge is 0.480 e. The Morgan fingerprint density at radius 2 is 1.35 bits per heavy atom. The van der Waals surface area contributed by atoms with Crippen LogP contribution in [0.25, 0.3) is 0 Å². The first-order valence-corrected chi connectivity index (χ1v) is 18.1. The smallest absolute Gasteiger partial charge is 0.417 e. The third-order valence-corrected chi connectivity index (χ3v) is 8.92. The van der Waals surface area contributed by atoms with Gasteiger partial charge < -0.3 is 30.9 Å². The van der Waals surface area contributed by atoms with Gasteiger partial charge in [0, 0.05) is 26.1 Å². The van der Waals surface area contributed by atoms with Gasteiger partial charge in [-0.3, -0.25) is 19.5 Å². The number of aliphatic imine (C=N–C) groups is 1. The lowest BCUT2D eigenvalue weighted by atomic mass is 10.0. The molecule has 3 atom stereocenters. The number of hydrogen-bond acceptors (Lipinski definition) is 8. The molecule has 0 saturated carbocycles. The number of carboxylic acids is 1. The van der Waals surface area contributed by atoms with Crippen LogP contribution in [0.15, 0.2) is 96.0 Å². The fourth-order valence-corrected chi connectivity index (χ4v) is 6.35. The maximum Gasteiger partial charge on any atom is 0.417 e. The Balaban J connectivity index is 1.67. The molecule has 0 aromatic heterocycles. The molecule has 1 aliphatic heterocycles. The van der Waals surface area contributed by atoms with Crippen LogP contribution in [0.4, 0.5) is 9.59 Å². The van der Waals surface area contributed by atoms with Crippen molar-refractivity contribution in [2.24, 2.45) is 22.4 Å². The van der Waals surface area contributed by atoms with E-state index in [1.165, 1.54) is 9.80 Å². The maximum atomic E-state index is 14.8. The third kappa shape index (κ3) is 11.8. The number of carbonyl (C=O) groups is 5. The number of guanidine groups is 1. The number of rotatable bonds is 17. The van der Waals surface area contributed by atoms with Gasteiger partial charge in [-0.1, -0.05) is 105 Å². The van der Waals surface area contributed by atoms with Gasteiger partial charge in [-0.25, -0.2) is 19.3 Å². The molecule has 1 fully saturated rings. The van der Waals surface area contributed by atoms with Gasteiger partial charge in [0.2, 0.25) is 5.91 Å². The summed E-state index contributed by atoms with van der Waals surface area (Å²) in [6.45, 7) is 4.00. The lowest BCUT2D eigenvalue weighted by Crippen LogP contribution is -2.59. The molecule has 4 amide bonds.